The quantitative estimate of drug-likeness (QED) is 0.667. The maximum Gasteiger partial charge on any atom is 0.247 e. The van der Waals surface area contributed by atoms with E-state index in [0.717, 1.165) is 15.6 Å². The van der Waals surface area contributed by atoms with Crippen LogP contribution in [0.15, 0.2) is 57.4 Å². The van der Waals surface area contributed by atoms with Crippen LogP contribution in [0.4, 0.5) is 4.39 Å². The molecule has 118 valence electrons. The molecule has 0 aliphatic heterocycles. The van der Waals surface area contributed by atoms with Crippen molar-refractivity contribution in [1.82, 2.24) is 15.1 Å². The fourth-order valence-corrected chi connectivity index (χ4v) is 2.52. The highest BCUT2D eigenvalue weighted by atomic mass is 79.9. The number of hydrogen-bond donors (Lipinski definition) is 0. The first-order valence-electron chi connectivity index (χ1n) is 7.11. The van der Waals surface area contributed by atoms with E-state index in [1.165, 1.54) is 12.1 Å². The third kappa shape index (κ3) is 4.24. The van der Waals surface area contributed by atoms with Gasteiger partial charge < -0.3 is 4.42 Å². The van der Waals surface area contributed by atoms with Crippen LogP contribution in [0, 0.1) is 5.82 Å². The molecule has 0 unspecified atom stereocenters. The molecule has 0 N–H and O–H groups in total. The minimum absolute atomic E-state index is 0.230. The molecule has 0 aliphatic rings. The van der Waals surface area contributed by atoms with Crippen LogP contribution in [0.1, 0.15) is 11.5 Å². The van der Waals surface area contributed by atoms with Crippen LogP contribution in [0.5, 0.6) is 0 Å². The standard InChI is InChI=1S/C17H15BrFN3O/c1-22(10-12-3-2-4-15(19)9-12)11-16-20-21-17(23-16)13-5-7-14(18)8-6-13/h2-9H,10-11H2,1H3. The van der Waals surface area contributed by atoms with Gasteiger partial charge in [-0.05, 0) is 49.0 Å². The predicted molar refractivity (Wildman–Crippen MR) is 89.0 cm³/mol. The van der Waals surface area contributed by atoms with Crippen LogP contribution >= 0.6 is 15.9 Å². The zero-order valence-corrected chi connectivity index (χ0v) is 14.1. The zero-order chi connectivity index (χ0) is 16.2. The largest absolute Gasteiger partial charge is 0.419 e. The third-order valence-corrected chi connectivity index (χ3v) is 3.83. The zero-order valence-electron chi connectivity index (χ0n) is 12.5. The summed E-state index contributed by atoms with van der Waals surface area (Å²) in [7, 11) is 1.93. The lowest BCUT2D eigenvalue weighted by Gasteiger charge is -2.14. The first-order valence-corrected chi connectivity index (χ1v) is 7.91. The van der Waals surface area contributed by atoms with Crippen molar-refractivity contribution in [3.63, 3.8) is 0 Å². The summed E-state index contributed by atoms with van der Waals surface area (Å²) in [6, 6.07) is 14.2. The van der Waals surface area contributed by atoms with E-state index in [9.17, 15) is 4.39 Å². The van der Waals surface area contributed by atoms with Crippen LogP contribution in [0.3, 0.4) is 0 Å². The highest BCUT2D eigenvalue weighted by Gasteiger charge is 2.11. The summed E-state index contributed by atoms with van der Waals surface area (Å²) in [6.07, 6.45) is 0. The minimum atomic E-state index is -0.230. The maximum absolute atomic E-state index is 13.2. The smallest absolute Gasteiger partial charge is 0.247 e. The Kier molecular flexibility index (Phi) is 4.83. The molecule has 1 aromatic heterocycles. The third-order valence-electron chi connectivity index (χ3n) is 3.30. The molecule has 23 heavy (non-hydrogen) atoms. The Hall–Kier alpha value is -2.05. The van der Waals surface area contributed by atoms with Gasteiger partial charge in [0, 0.05) is 16.6 Å². The molecule has 0 amide bonds. The SMILES string of the molecule is CN(Cc1cccc(F)c1)Cc1nnc(-c2ccc(Br)cc2)o1. The second kappa shape index (κ2) is 7.02. The lowest BCUT2D eigenvalue weighted by atomic mass is 10.2. The number of aromatic nitrogens is 2. The van der Waals surface area contributed by atoms with E-state index in [-0.39, 0.29) is 5.82 Å². The Morgan fingerprint density at radius 1 is 1.09 bits per heavy atom. The summed E-state index contributed by atoms with van der Waals surface area (Å²) < 4.78 is 19.9. The van der Waals surface area contributed by atoms with Crippen molar-refractivity contribution in [3.8, 4) is 11.5 Å². The molecule has 1 heterocycles. The Bertz CT molecular complexity index is 789. The molecular weight excluding hydrogens is 361 g/mol. The van der Waals surface area contributed by atoms with Gasteiger partial charge in [-0.25, -0.2) is 4.39 Å². The number of benzene rings is 2. The van der Waals surface area contributed by atoms with Crippen molar-refractivity contribution in [2.45, 2.75) is 13.1 Å². The Balaban J connectivity index is 1.65. The van der Waals surface area contributed by atoms with Crippen LogP contribution in [-0.2, 0) is 13.1 Å². The number of rotatable bonds is 5. The van der Waals surface area contributed by atoms with E-state index < -0.39 is 0 Å². The first kappa shape index (κ1) is 15.8. The average Bonchev–Trinajstić information content (AvgIpc) is 2.96. The summed E-state index contributed by atoms with van der Waals surface area (Å²) in [5.41, 5.74) is 1.78. The molecule has 4 nitrogen and oxygen atoms in total. The topological polar surface area (TPSA) is 42.2 Å². The average molecular weight is 376 g/mol. The van der Waals surface area contributed by atoms with Crippen LogP contribution in [-0.4, -0.2) is 22.1 Å². The Labute approximate surface area is 142 Å². The van der Waals surface area contributed by atoms with E-state index in [0.29, 0.717) is 24.9 Å². The number of nitrogens with zero attached hydrogens (tertiary/aromatic N) is 3. The van der Waals surface area contributed by atoms with E-state index in [1.54, 1.807) is 6.07 Å². The van der Waals surface area contributed by atoms with Crippen molar-refractivity contribution < 1.29 is 8.81 Å². The lowest BCUT2D eigenvalue weighted by Crippen LogP contribution is -2.17. The number of halogens is 2. The van der Waals surface area contributed by atoms with Gasteiger partial charge in [-0.15, -0.1) is 10.2 Å². The second-order valence-electron chi connectivity index (χ2n) is 5.31. The molecule has 2 aromatic carbocycles. The van der Waals surface area contributed by atoms with Crippen molar-refractivity contribution in [2.75, 3.05) is 7.05 Å². The summed E-state index contributed by atoms with van der Waals surface area (Å²) in [5, 5.41) is 8.14. The molecule has 0 fully saturated rings. The summed E-state index contributed by atoms with van der Waals surface area (Å²) in [6.45, 7) is 1.10. The van der Waals surface area contributed by atoms with Crippen molar-refractivity contribution in [1.29, 1.82) is 0 Å². The molecule has 0 spiro atoms. The fourth-order valence-electron chi connectivity index (χ4n) is 2.26. The second-order valence-corrected chi connectivity index (χ2v) is 6.23. The van der Waals surface area contributed by atoms with Crippen LogP contribution in [0.2, 0.25) is 0 Å². The van der Waals surface area contributed by atoms with Gasteiger partial charge in [0.15, 0.2) is 0 Å². The molecule has 0 atom stereocenters. The minimum Gasteiger partial charge on any atom is -0.419 e. The predicted octanol–water partition coefficient (Wildman–Crippen LogP) is 4.27. The van der Waals surface area contributed by atoms with Gasteiger partial charge in [0.25, 0.3) is 0 Å². The van der Waals surface area contributed by atoms with Gasteiger partial charge in [-0.1, -0.05) is 28.1 Å². The van der Waals surface area contributed by atoms with Gasteiger partial charge in [-0.3, -0.25) is 4.90 Å². The molecule has 3 rings (SSSR count). The molecule has 0 saturated heterocycles. The van der Waals surface area contributed by atoms with Gasteiger partial charge in [0.05, 0.1) is 6.54 Å². The summed E-state index contributed by atoms with van der Waals surface area (Å²) in [5.74, 6) is 0.791. The van der Waals surface area contributed by atoms with E-state index in [2.05, 4.69) is 26.1 Å². The summed E-state index contributed by atoms with van der Waals surface area (Å²) >= 11 is 3.39. The van der Waals surface area contributed by atoms with Crippen molar-refractivity contribution in [3.05, 3.63) is 70.3 Å². The van der Waals surface area contributed by atoms with E-state index >= 15 is 0 Å². The molecule has 0 saturated carbocycles. The number of hydrogen-bond acceptors (Lipinski definition) is 4. The maximum atomic E-state index is 13.2. The molecular formula is C17H15BrFN3O. The van der Waals surface area contributed by atoms with Crippen LogP contribution in [0.25, 0.3) is 11.5 Å². The molecule has 3 aromatic rings. The van der Waals surface area contributed by atoms with E-state index in [4.69, 9.17) is 4.42 Å². The van der Waals surface area contributed by atoms with Crippen LogP contribution < -0.4 is 0 Å². The Morgan fingerprint density at radius 3 is 2.61 bits per heavy atom. The summed E-state index contributed by atoms with van der Waals surface area (Å²) in [4.78, 5) is 1.99. The highest BCUT2D eigenvalue weighted by molar-refractivity contribution is 9.10. The molecule has 0 bridgehead atoms. The Morgan fingerprint density at radius 2 is 1.87 bits per heavy atom. The van der Waals surface area contributed by atoms with Gasteiger partial charge in [0.1, 0.15) is 5.82 Å². The van der Waals surface area contributed by atoms with E-state index in [1.807, 2.05) is 42.3 Å². The normalized spacial score (nSPS) is 11.1. The van der Waals surface area contributed by atoms with Gasteiger partial charge in [0.2, 0.25) is 11.8 Å². The van der Waals surface area contributed by atoms with Gasteiger partial charge >= 0.3 is 0 Å². The fraction of sp³-hybridized carbons (Fsp3) is 0.176. The highest BCUT2D eigenvalue weighted by Crippen LogP contribution is 2.21. The van der Waals surface area contributed by atoms with Gasteiger partial charge in [-0.2, -0.15) is 0 Å². The van der Waals surface area contributed by atoms with Crippen molar-refractivity contribution >= 4 is 15.9 Å². The molecule has 0 radical (unpaired) electrons. The molecule has 6 heteroatoms. The first-order chi connectivity index (χ1) is 11.1. The molecule has 0 aliphatic carbocycles. The monoisotopic (exact) mass is 375 g/mol. The lowest BCUT2D eigenvalue weighted by molar-refractivity contribution is 0.282. The van der Waals surface area contributed by atoms with Crippen molar-refractivity contribution in [2.24, 2.45) is 0 Å².